The van der Waals surface area contributed by atoms with Crippen LogP contribution in [0, 0.1) is 0 Å². The first kappa shape index (κ1) is 14.7. The van der Waals surface area contributed by atoms with Crippen molar-refractivity contribution >= 4 is 28.2 Å². The van der Waals surface area contributed by atoms with E-state index < -0.39 is 0 Å². The summed E-state index contributed by atoms with van der Waals surface area (Å²) < 4.78 is 1.93. The number of halogens is 1. The van der Waals surface area contributed by atoms with Gasteiger partial charge in [0.2, 0.25) is 0 Å². The van der Waals surface area contributed by atoms with Gasteiger partial charge >= 0.3 is 0 Å². The summed E-state index contributed by atoms with van der Waals surface area (Å²) in [6.45, 7) is 0. The normalized spacial score (nSPS) is 10.9. The van der Waals surface area contributed by atoms with Crippen molar-refractivity contribution in [2.24, 2.45) is 0 Å². The highest BCUT2D eigenvalue weighted by Crippen LogP contribution is 2.26. The molecule has 0 aliphatic rings. The Hall–Kier alpha value is -2.84. The van der Waals surface area contributed by atoms with Crippen LogP contribution < -0.4 is 0 Å². The lowest BCUT2D eigenvalue weighted by Gasteiger charge is -2.12. The van der Waals surface area contributed by atoms with E-state index in [4.69, 9.17) is 11.6 Å². The Bertz CT molecular complexity index is 1030. The highest BCUT2D eigenvalue weighted by atomic mass is 35.5. The molecule has 0 spiro atoms. The van der Waals surface area contributed by atoms with Crippen LogP contribution in [0.3, 0.4) is 0 Å². The molecule has 4 rings (SSSR count). The molecule has 0 aliphatic carbocycles. The van der Waals surface area contributed by atoms with Gasteiger partial charge in [-0.1, -0.05) is 54.1 Å². The molecular formula is C21H14ClNO. The minimum atomic E-state index is -0.0296. The maximum Gasteiger partial charge on any atom is 0.195 e. The lowest BCUT2D eigenvalue weighted by atomic mass is 9.96. The van der Waals surface area contributed by atoms with Crippen LogP contribution in [0.2, 0.25) is 5.02 Å². The minimum Gasteiger partial charge on any atom is -0.323 e. The Balaban J connectivity index is 1.93. The average Bonchev–Trinajstić information content (AvgIpc) is 3.15. The summed E-state index contributed by atoms with van der Waals surface area (Å²) in [5, 5.41) is 2.55. The maximum atomic E-state index is 13.3. The Labute approximate surface area is 144 Å². The topological polar surface area (TPSA) is 22.0 Å². The third-order valence-electron chi connectivity index (χ3n) is 4.12. The van der Waals surface area contributed by atoms with Gasteiger partial charge in [-0.3, -0.25) is 4.79 Å². The van der Waals surface area contributed by atoms with Gasteiger partial charge < -0.3 is 4.57 Å². The highest BCUT2D eigenvalue weighted by molar-refractivity contribution is 6.31. The van der Waals surface area contributed by atoms with Crippen molar-refractivity contribution in [3.8, 4) is 5.69 Å². The van der Waals surface area contributed by atoms with E-state index in [-0.39, 0.29) is 5.78 Å². The number of carbonyl (C=O) groups is 1. The van der Waals surface area contributed by atoms with Crippen LogP contribution in [0.15, 0.2) is 85.2 Å². The van der Waals surface area contributed by atoms with Crippen molar-refractivity contribution in [1.29, 1.82) is 0 Å². The number of rotatable bonds is 3. The van der Waals surface area contributed by atoms with Crippen molar-refractivity contribution in [2.45, 2.75) is 0 Å². The molecule has 3 aromatic carbocycles. The maximum absolute atomic E-state index is 13.3. The zero-order valence-electron chi connectivity index (χ0n) is 12.8. The molecule has 0 bridgehead atoms. The molecule has 3 heteroatoms. The second-order valence-corrected chi connectivity index (χ2v) is 6.04. The third-order valence-corrected chi connectivity index (χ3v) is 4.36. The molecular weight excluding hydrogens is 318 g/mol. The van der Waals surface area contributed by atoms with Crippen molar-refractivity contribution < 1.29 is 4.79 Å². The molecule has 0 saturated heterocycles. The van der Waals surface area contributed by atoms with Gasteiger partial charge in [0.1, 0.15) is 0 Å². The Morgan fingerprint density at radius 3 is 2.38 bits per heavy atom. The summed E-state index contributed by atoms with van der Waals surface area (Å²) in [7, 11) is 0. The Kier molecular flexibility index (Phi) is 3.68. The fraction of sp³-hybridized carbons (Fsp3) is 0. The monoisotopic (exact) mass is 331 g/mol. The molecule has 24 heavy (non-hydrogen) atoms. The largest absolute Gasteiger partial charge is 0.323 e. The molecule has 0 saturated carbocycles. The van der Waals surface area contributed by atoms with E-state index in [2.05, 4.69) is 0 Å². The van der Waals surface area contributed by atoms with Crippen LogP contribution in [0.4, 0.5) is 0 Å². The predicted molar refractivity (Wildman–Crippen MR) is 98.2 cm³/mol. The standard InChI is InChI=1S/C21H14ClNO/c22-16-10-11-20(23-12-3-4-13-23)19(14-16)21(24)18-9-5-7-15-6-1-2-8-17(15)18/h1-14H. The van der Waals surface area contributed by atoms with Crippen molar-refractivity contribution in [3.63, 3.8) is 0 Å². The Morgan fingerprint density at radius 2 is 1.54 bits per heavy atom. The first-order valence-electron chi connectivity index (χ1n) is 7.69. The number of hydrogen-bond donors (Lipinski definition) is 0. The van der Waals surface area contributed by atoms with Gasteiger partial charge in [-0.25, -0.2) is 0 Å². The van der Waals surface area contributed by atoms with E-state index >= 15 is 0 Å². The summed E-state index contributed by atoms with van der Waals surface area (Å²) in [4.78, 5) is 13.3. The lowest BCUT2D eigenvalue weighted by Crippen LogP contribution is -2.07. The highest BCUT2D eigenvalue weighted by Gasteiger charge is 2.17. The molecule has 1 aromatic heterocycles. The van der Waals surface area contributed by atoms with Gasteiger partial charge in [0, 0.05) is 28.5 Å². The third kappa shape index (κ3) is 2.51. The summed E-state index contributed by atoms with van der Waals surface area (Å²) in [5.41, 5.74) is 2.10. The van der Waals surface area contributed by atoms with Gasteiger partial charge in [-0.2, -0.15) is 0 Å². The molecule has 0 atom stereocenters. The molecule has 4 aromatic rings. The molecule has 116 valence electrons. The van der Waals surface area contributed by atoms with Crippen LogP contribution >= 0.6 is 11.6 Å². The smallest absolute Gasteiger partial charge is 0.195 e. The van der Waals surface area contributed by atoms with E-state index in [0.29, 0.717) is 16.1 Å². The van der Waals surface area contributed by atoms with Crippen LogP contribution in [0.5, 0.6) is 0 Å². The van der Waals surface area contributed by atoms with Gasteiger partial charge in [-0.05, 0) is 41.1 Å². The average molecular weight is 332 g/mol. The number of hydrogen-bond acceptors (Lipinski definition) is 1. The van der Waals surface area contributed by atoms with E-state index in [0.717, 1.165) is 16.5 Å². The number of fused-ring (bicyclic) bond motifs is 1. The predicted octanol–water partition coefficient (Wildman–Crippen LogP) is 5.51. The number of benzene rings is 3. The van der Waals surface area contributed by atoms with Gasteiger partial charge in [0.15, 0.2) is 5.78 Å². The summed E-state index contributed by atoms with van der Waals surface area (Å²) in [6, 6.07) is 23.0. The second kappa shape index (κ2) is 5.99. The van der Waals surface area contributed by atoms with E-state index in [9.17, 15) is 4.79 Å². The molecule has 0 N–H and O–H groups in total. The molecule has 0 aliphatic heterocycles. The molecule has 0 unspecified atom stereocenters. The quantitative estimate of drug-likeness (QED) is 0.453. The second-order valence-electron chi connectivity index (χ2n) is 5.61. The van der Waals surface area contributed by atoms with Crippen LogP contribution in [0.25, 0.3) is 16.5 Å². The minimum absolute atomic E-state index is 0.0296. The molecule has 1 heterocycles. The van der Waals surface area contributed by atoms with Crippen LogP contribution in [-0.2, 0) is 0 Å². The number of nitrogens with zero attached hydrogens (tertiary/aromatic N) is 1. The van der Waals surface area contributed by atoms with Crippen molar-refractivity contribution in [1.82, 2.24) is 4.57 Å². The number of carbonyl (C=O) groups excluding carboxylic acids is 1. The first-order valence-corrected chi connectivity index (χ1v) is 8.07. The SMILES string of the molecule is O=C(c1cc(Cl)ccc1-n1cccc1)c1cccc2ccccc12. The molecule has 2 nitrogen and oxygen atoms in total. The van der Waals surface area contributed by atoms with E-state index in [1.165, 1.54) is 0 Å². The summed E-state index contributed by atoms with van der Waals surface area (Å²) in [5.74, 6) is -0.0296. The van der Waals surface area contributed by atoms with Crippen molar-refractivity contribution in [2.75, 3.05) is 0 Å². The lowest BCUT2D eigenvalue weighted by molar-refractivity contribution is 0.104. The molecule has 0 radical (unpaired) electrons. The fourth-order valence-corrected chi connectivity index (χ4v) is 3.15. The number of ketones is 1. The molecule has 0 fully saturated rings. The van der Waals surface area contributed by atoms with Gasteiger partial charge in [-0.15, -0.1) is 0 Å². The van der Waals surface area contributed by atoms with Crippen LogP contribution in [0.1, 0.15) is 15.9 Å². The fourth-order valence-electron chi connectivity index (χ4n) is 2.98. The summed E-state index contributed by atoms with van der Waals surface area (Å²) in [6.07, 6.45) is 3.84. The zero-order chi connectivity index (χ0) is 16.5. The number of aromatic nitrogens is 1. The van der Waals surface area contributed by atoms with Gasteiger partial charge in [0.05, 0.1) is 5.69 Å². The Morgan fingerprint density at radius 1 is 0.792 bits per heavy atom. The summed E-state index contributed by atoms with van der Waals surface area (Å²) >= 11 is 6.17. The van der Waals surface area contributed by atoms with Crippen molar-refractivity contribution in [3.05, 3.63) is 101 Å². The van der Waals surface area contributed by atoms with Gasteiger partial charge in [0.25, 0.3) is 0 Å². The van der Waals surface area contributed by atoms with E-state index in [1.54, 1.807) is 12.1 Å². The van der Waals surface area contributed by atoms with Crippen LogP contribution in [-0.4, -0.2) is 10.4 Å². The molecule has 0 amide bonds. The van der Waals surface area contributed by atoms with E-state index in [1.807, 2.05) is 77.6 Å². The zero-order valence-corrected chi connectivity index (χ0v) is 13.6. The first-order chi connectivity index (χ1) is 11.7.